The van der Waals surface area contributed by atoms with E-state index in [-0.39, 0.29) is 22.0 Å². The number of H-pyrrole nitrogens is 1. The number of thioether (sulfide) groups is 1. The number of aromatic nitrogens is 2. The summed E-state index contributed by atoms with van der Waals surface area (Å²) < 4.78 is 1.42. The maximum Gasteiger partial charge on any atom is 0.282 e. The standard InChI is InChI=1S/C20H21N3O2S3/c1-12-7-8-14-15(9-12)28-18-17(14)19(25)23(20(26)21-18)22-16(24)11-27-10-13-5-3-2-4-6-13/h2-6,12H,7-11H2,1H3,(H,21,26)(H,22,24). The maximum atomic E-state index is 13.1. The number of carbonyl (C=O) groups excluding carboxylic acids is 1. The van der Waals surface area contributed by atoms with Crippen LogP contribution in [-0.2, 0) is 23.4 Å². The second-order valence-corrected chi connectivity index (χ2v) is 9.62. The van der Waals surface area contributed by atoms with Gasteiger partial charge in [0.1, 0.15) is 4.83 Å². The van der Waals surface area contributed by atoms with Crippen molar-refractivity contribution in [1.29, 1.82) is 0 Å². The van der Waals surface area contributed by atoms with Gasteiger partial charge in [0.05, 0.1) is 11.1 Å². The summed E-state index contributed by atoms with van der Waals surface area (Å²) in [5, 5.41) is 0.678. The Morgan fingerprint density at radius 1 is 1.39 bits per heavy atom. The first-order valence-corrected chi connectivity index (χ1v) is 11.6. The molecule has 2 N–H and O–H groups in total. The van der Waals surface area contributed by atoms with Crippen LogP contribution in [0.25, 0.3) is 10.2 Å². The third kappa shape index (κ3) is 3.94. The number of aryl methyl sites for hydroxylation is 1. The number of nitrogens with zero attached hydrogens (tertiary/aromatic N) is 1. The number of benzene rings is 1. The molecule has 1 amide bonds. The van der Waals surface area contributed by atoms with Gasteiger partial charge in [0, 0.05) is 10.6 Å². The molecular formula is C20H21N3O2S3. The molecule has 1 aliphatic rings. The summed E-state index contributed by atoms with van der Waals surface area (Å²) in [6.07, 6.45) is 2.98. The van der Waals surface area contributed by atoms with E-state index in [1.54, 1.807) is 11.3 Å². The van der Waals surface area contributed by atoms with Crippen LogP contribution in [0.1, 0.15) is 29.3 Å². The van der Waals surface area contributed by atoms with Crippen molar-refractivity contribution in [3.05, 3.63) is 61.5 Å². The van der Waals surface area contributed by atoms with E-state index in [1.165, 1.54) is 21.3 Å². The average Bonchev–Trinajstić information content (AvgIpc) is 3.03. The Kier molecular flexibility index (Phi) is 5.70. The molecule has 5 nitrogen and oxygen atoms in total. The van der Waals surface area contributed by atoms with Gasteiger partial charge in [-0.25, -0.2) is 0 Å². The lowest BCUT2D eigenvalue weighted by atomic mass is 9.89. The summed E-state index contributed by atoms with van der Waals surface area (Å²) in [6, 6.07) is 9.98. The minimum atomic E-state index is -0.236. The highest BCUT2D eigenvalue weighted by Gasteiger charge is 2.23. The molecule has 0 fully saturated rings. The Morgan fingerprint density at radius 3 is 2.96 bits per heavy atom. The first-order valence-electron chi connectivity index (χ1n) is 9.24. The Bertz CT molecular complexity index is 1130. The quantitative estimate of drug-likeness (QED) is 0.593. The fourth-order valence-electron chi connectivity index (χ4n) is 3.52. The zero-order chi connectivity index (χ0) is 19.7. The number of fused-ring (bicyclic) bond motifs is 3. The van der Waals surface area contributed by atoms with Crippen molar-refractivity contribution in [1.82, 2.24) is 9.66 Å². The van der Waals surface area contributed by atoms with E-state index in [4.69, 9.17) is 12.2 Å². The normalized spacial score (nSPS) is 16.1. The van der Waals surface area contributed by atoms with E-state index >= 15 is 0 Å². The van der Waals surface area contributed by atoms with Gasteiger partial charge in [-0.2, -0.15) is 4.68 Å². The molecule has 0 saturated carbocycles. The number of nitrogens with one attached hydrogen (secondary N) is 2. The second-order valence-electron chi connectivity index (χ2n) is 7.14. The Labute approximate surface area is 176 Å². The van der Waals surface area contributed by atoms with Crippen LogP contribution in [0.2, 0.25) is 0 Å². The van der Waals surface area contributed by atoms with E-state index in [0.29, 0.717) is 11.3 Å². The Hall–Kier alpha value is -1.90. The molecule has 1 unspecified atom stereocenters. The predicted octanol–water partition coefficient (Wildman–Crippen LogP) is 4.25. The van der Waals surface area contributed by atoms with Crippen molar-refractivity contribution in [2.45, 2.75) is 31.9 Å². The molecule has 0 radical (unpaired) electrons. The number of carbonyl (C=O) groups is 1. The predicted molar refractivity (Wildman–Crippen MR) is 119 cm³/mol. The van der Waals surface area contributed by atoms with Gasteiger partial charge < -0.3 is 4.98 Å². The minimum Gasteiger partial charge on any atom is -0.322 e. The zero-order valence-electron chi connectivity index (χ0n) is 15.5. The number of hydrogen-bond donors (Lipinski definition) is 2. The Morgan fingerprint density at radius 2 is 2.18 bits per heavy atom. The SMILES string of the molecule is CC1CCc2c(sc3[nH]c(=S)n(NC(=O)CSCc4ccccc4)c(=O)c23)C1. The molecule has 28 heavy (non-hydrogen) atoms. The first kappa shape index (κ1) is 19.4. The molecule has 1 aliphatic carbocycles. The van der Waals surface area contributed by atoms with Gasteiger partial charge in [0.2, 0.25) is 10.7 Å². The van der Waals surface area contributed by atoms with Crippen molar-refractivity contribution < 1.29 is 4.79 Å². The van der Waals surface area contributed by atoms with Crippen LogP contribution in [0.3, 0.4) is 0 Å². The van der Waals surface area contributed by atoms with E-state index in [2.05, 4.69) is 17.3 Å². The summed E-state index contributed by atoms with van der Waals surface area (Å²) in [4.78, 5) is 30.6. The number of aromatic amines is 1. The third-order valence-corrected chi connectivity index (χ3v) is 7.39. The number of thiophene rings is 1. The summed E-state index contributed by atoms with van der Waals surface area (Å²) in [6.45, 7) is 2.24. The molecule has 0 aliphatic heterocycles. The molecule has 0 spiro atoms. The lowest BCUT2D eigenvalue weighted by Crippen LogP contribution is -2.35. The van der Waals surface area contributed by atoms with Gasteiger partial charge in [-0.1, -0.05) is 37.3 Å². The molecule has 1 atom stereocenters. The van der Waals surface area contributed by atoms with Crippen molar-refractivity contribution >= 4 is 51.4 Å². The molecule has 4 rings (SSSR count). The number of hydrogen-bond acceptors (Lipinski definition) is 5. The monoisotopic (exact) mass is 431 g/mol. The van der Waals surface area contributed by atoms with E-state index in [9.17, 15) is 9.59 Å². The highest BCUT2D eigenvalue weighted by molar-refractivity contribution is 7.99. The van der Waals surface area contributed by atoms with Crippen molar-refractivity contribution in [2.75, 3.05) is 11.2 Å². The van der Waals surface area contributed by atoms with E-state index in [1.807, 2.05) is 30.3 Å². The summed E-state index contributed by atoms with van der Waals surface area (Å²) in [5.74, 6) is 1.39. The largest absolute Gasteiger partial charge is 0.322 e. The van der Waals surface area contributed by atoms with Crippen LogP contribution in [0.15, 0.2) is 35.1 Å². The molecule has 146 valence electrons. The highest BCUT2D eigenvalue weighted by atomic mass is 32.2. The molecule has 0 saturated heterocycles. The lowest BCUT2D eigenvalue weighted by molar-refractivity contribution is -0.114. The van der Waals surface area contributed by atoms with Crippen LogP contribution in [-0.4, -0.2) is 21.3 Å². The van der Waals surface area contributed by atoms with E-state index in [0.717, 1.165) is 41.0 Å². The van der Waals surface area contributed by atoms with Crippen LogP contribution < -0.4 is 11.0 Å². The van der Waals surface area contributed by atoms with Crippen LogP contribution in [0, 0.1) is 10.7 Å². The molecule has 0 bridgehead atoms. The van der Waals surface area contributed by atoms with E-state index < -0.39 is 0 Å². The van der Waals surface area contributed by atoms with Gasteiger partial charge in [-0.15, -0.1) is 23.1 Å². The topological polar surface area (TPSA) is 66.9 Å². The van der Waals surface area contributed by atoms with Gasteiger partial charge in [-0.3, -0.25) is 15.0 Å². The molecule has 3 aromatic rings. The summed E-state index contributed by atoms with van der Waals surface area (Å²) >= 11 is 8.45. The fraction of sp³-hybridized carbons (Fsp3) is 0.350. The van der Waals surface area contributed by atoms with Gasteiger partial charge >= 0.3 is 0 Å². The van der Waals surface area contributed by atoms with Gasteiger partial charge in [0.15, 0.2) is 0 Å². The zero-order valence-corrected chi connectivity index (χ0v) is 17.9. The smallest absolute Gasteiger partial charge is 0.282 e. The van der Waals surface area contributed by atoms with Gasteiger partial charge in [-0.05, 0) is 48.5 Å². The Balaban J connectivity index is 1.53. The van der Waals surface area contributed by atoms with Crippen LogP contribution >= 0.6 is 35.3 Å². The average molecular weight is 432 g/mol. The van der Waals surface area contributed by atoms with Crippen molar-refractivity contribution in [3.8, 4) is 0 Å². The maximum absolute atomic E-state index is 13.1. The fourth-order valence-corrected chi connectivity index (χ4v) is 5.99. The lowest BCUT2D eigenvalue weighted by Gasteiger charge is -2.17. The van der Waals surface area contributed by atoms with Crippen molar-refractivity contribution in [2.24, 2.45) is 5.92 Å². The first-order chi connectivity index (χ1) is 13.5. The van der Waals surface area contributed by atoms with Gasteiger partial charge in [0.25, 0.3) is 5.56 Å². The van der Waals surface area contributed by atoms with Crippen LogP contribution in [0.4, 0.5) is 0 Å². The second kappa shape index (κ2) is 8.23. The summed E-state index contributed by atoms with van der Waals surface area (Å²) in [5.41, 5.74) is 4.73. The van der Waals surface area contributed by atoms with Crippen LogP contribution in [0.5, 0.6) is 0 Å². The molecule has 8 heteroatoms. The number of rotatable bonds is 5. The molecule has 2 heterocycles. The van der Waals surface area contributed by atoms with Crippen molar-refractivity contribution in [3.63, 3.8) is 0 Å². The molecule has 2 aromatic heterocycles. The molecular weight excluding hydrogens is 410 g/mol. The summed E-state index contributed by atoms with van der Waals surface area (Å²) in [7, 11) is 0. The minimum absolute atomic E-state index is 0.227. The third-order valence-electron chi connectivity index (χ3n) is 4.93. The number of amides is 1. The highest BCUT2D eigenvalue weighted by Crippen LogP contribution is 2.35. The molecule has 1 aromatic carbocycles.